The number of ether oxygens (including phenoxy) is 1. The van der Waals surface area contributed by atoms with Crippen LogP contribution in [-0.4, -0.2) is 25.0 Å². The second-order valence-electron chi connectivity index (χ2n) is 5.38. The summed E-state index contributed by atoms with van der Waals surface area (Å²) in [5.74, 6) is 1.49. The minimum absolute atomic E-state index is 0.484. The zero-order valence-electron chi connectivity index (χ0n) is 12.0. The van der Waals surface area contributed by atoms with E-state index in [-0.39, 0.29) is 0 Å². The van der Waals surface area contributed by atoms with Crippen molar-refractivity contribution in [2.24, 2.45) is 0 Å². The van der Waals surface area contributed by atoms with E-state index in [9.17, 15) is 0 Å². The lowest BCUT2D eigenvalue weighted by atomic mass is 10.0. The molecule has 1 aliphatic heterocycles. The molecule has 0 radical (unpaired) electrons. The number of halogens is 1. The van der Waals surface area contributed by atoms with Crippen LogP contribution in [0.3, 0.4) is 0 Å². The summed E-state index contributed by atoms with van der Waals surface area (Å²) in [6.45, 7) is 2.86. The molecule has 0 N–H and O–H groups in total. The smallest absolute Gasteiger partial charge is 0.142 e. The minimum atomic E-state index is 0.484. The maximum absolute atomic E-state index is 5.85. The van der Waals surface area contributed by atoms with Crippen molar-refractivity contribution >= 4 is 21.6 Å². The zero-order valence-corrected chi connectivity index (χ0v) is 13.6. The first kappa shape index (κ1) is 14.5. The molecule has 1 unspecified atom stereocenters. The van der Waals surface area contributed by atoms with E-state index in [1.54, 1.807) is 0 Å². The van der Waals surface area contributed by atoms with E-state index in [0.717, 1.165) is 37.2 Å². The summed E-state index contributed by atoms with van der Waals surface area (Å²) in [7, 11) is 0. The van der Waals surface area contributed by atoms with Gasteiger partial charge in [0.15, 0.2) is 0 Å². The topological polar surface area (TPSA) is 12.5 Å². The van der Waals surface area contributed by atoms with Gasteiger partial charge in [-0.3, -0.25) is 0 Å². The molecule has 0 aromatic heterocycles. The summed E-state index contributed by atoms with van der Waals surface area (Å²) in [4.78, 5) is 2.46. The van der Waals surface area contributed by atoms with Crippen LogP contribution in [-0.2, 0) is 0 Å². The van der Waals surface area contributed by atoms with Gasteiger partial charge in [-0.2, -0.15) is 0 Å². The number of rotatable bonds is 4. The molecule has 3 rings (SSSR count). The number of anilines is 1. The van der Waals surface area contributed by atoms with Crippen molar-refractivity contribution in [2.45, 2.75) is 12.3 Å². The Morgan fingerprint density at radius 1 is 1.05 bits per heavy atom. The molecule has 1 atom stereocenters. The highest BCUT2D eigenvalue weighted by molar-refractivity contribution is 9.09. The van der Waals surface area contributed by atoms with Gasteiger partial charge in [-0.25, -0.2) is 0 Å². The predicted octanol–water partition coefficient (Wildman–Crippen LogP) is 4.45. The molecule has 1 aliphatic rings. The highest BCUT2D eigenvalue weighted by Crippen LogP contribution is 2.32. The Morgan fingerprint density at radius 2 is 1.81 bits per heavy atom. The number of hydrogen-bond acceptors (Lipinski definition) is 2. The molecule has 3 heteroatoms. The van der Waals surface area contributed by atoms with Crippen molar-refractivity contribution in [3.63, 3.8) is 0 Å². The first-order valence-electron chi connectivity index (χ1n) is 7.46. The predicted molar refractivity (Wildman–Crippen MR) is 91.7 cm³/mol. The highest BCUT2D eigenvalue weighted by atomic mass is 79.9. The molecule has 2 aromatic carbocycles. The molecule has 1 heterocycles. The normalized spacial score (nSPS) is 15.8. The second kappa shape index (κ2) is 6.99. The largest absolute Gasteiger partial charge is 0.491 e. The lowest BCUT2D eigenvalue weighted by Gasteiger charge is -2.28. The van der Waals surface area contributed by atoms with Gasteiger partial charge < -0.3 is 9.64 Å². The molecule has 0 aliphatic carbocycles. The minimum Gasteiger partial charge on any atom is -0.491 e. The number of para-hydroxylation sites is 2. The number of nitrogens with zero attached hydrogens (tertiary/aromatic N) is 1. The SMILES string of the molecule is BrCC(CN1CCCOc2ccccc21)c1ccccc1. The maximum Gasteiger partial charge on any atom is 0.142 e. The standard InChI is InChI=1S/C18H20BrNO/c19-13-16(15-7-2-1-3-8-15)14-20-11-6-12-21-18-10-5-4-9-17(18)20/h1-5,7-10,16H,6,11-14H2. The van der Waals surface area contributed by atoms with Gasteiger partial charge in [-0.05, 0) is 24.1 Å². The van der Waals surface area contributed by atoms with Crippen LogP contribution in [0.15, 0.2) is 54.6 Å². The number of benzene rings is 2. The van der Waals surface area contributed by atoms with E-state index < -0.39 is 0 Å². The van der Waals surface area contributed by atoms with E-state index in [1.807, 2.05) is 6.07 Å². The second-order valence-corrected chi connectivity index (χ2v) is 6.03. The van der Waals surface area contributed by atoms with Gasteiger partial charge in [0.25, 0.3) is 0 Å². The van der Waals surface area contributed by atoms with E-state index in [2.05, 4.69) is 69.4 Å². The molecular weight excluding hydrogens is 326 g/mol. The van der Waals surface area contributed by atoms with Crippen molar-refractivity contribution in [1.29, 1.82) is 0 Å². The molecule has 2 aromatic rings. The van der Waals surface area contributed by atoms with Gasteiger partial charge in [0.05, 0.1) is 12.3 Å². The third-order valence-electron chi connectivity index (χ3n) is 3.93. The lowest BCUT2D eigenvalue weighted by molar-refractivity contribution is 0.322. The Balaban J connectivity index is 1.83. The van der Waals surface area contributed by atoms with Gasteiger partial charge in [0.2, 0.25) is 0 Å². The number of fused-ring (bicyclic) bond motifs is 1. The summed E-state index contributed by atoms with van der Waals surface area (Å²) in [5.41, 5.74) is 2.61. The molecule has 110 valence electrons. The van der Waals surface area contributed by atoms with Crippen LogP contribution < -0.4 is 9.64 Å². The average molecular weight is 346 g/mol. The van der Waals surface area contributed by atoms with Gasteiger partial charge in [0, 0.05) is 24.3 Å². The maximum atomic E-state index is 5.85. The van der Waals surface area contributed by atoms with Gasteiger partial charge in [0.1, 0.15) is 5.75 Å². The van der Waals surface area contributed by atoms with Crippen LogP contribution in [0, 0.1) is 0 Å². The molecule has 2 nitrogen and oxygen atoms in total. The van der Waals surface area contributed by atoms with Crippen molar-refractivity contribution in [2.75, 3.05) is 29.9 Å². The Bertz CT molecular complexity index is 572. The van der Waals surface area contributed by atoms with E-state index in [1.165, 1.54) is 11.3 Å². The van der Waals surface area contributed by atoms with Crippen molar-refractivity contribution in [3.05, 3.63) is 60.2 Å². The molecule has 0 bridgehead atoms. The molecule has 0 spiro atoms. The number of hydrogen-bond donors (Lipinski definition) is 0. The summed E-state index contributed by atoms with van der Waals surface area (Å²) in [6.07, 6.45) is 1.07. The van der Waals surface area contributed by atoms with E-state index >= 15 is 0 Å². The Kier molecular flexibility index (Phi) is 4.81. The number of alkyl halides is 1. The highest BCUT2D eigenvalue weighted by Gasteiger charge is 2.20. The fraction of sp³-hybridized carbons (Fsp3) is 0.333. The summed E-state index contributed by atoms with van der Waals surface area (Å²) in [5, 5.41) is 0.969. The molecule has 0 saturated heterocycles. The lowest BCUT2D eigenvalue weighted by Crippen LogP contribution is -2.29. The Hall–Kier alpha value is -1.48. The van der Waals surface area contributed by atoms with E-state index in [0.29, 0.717) is 5.92 Å². The van der Waals surface area contributed by atoms with Crippen LogP contribution in [0.25, 0.3) is 0 Å². The summed E-state index contributed by atoms with van der Waals surface area (Å²) >= 11 is 3.68. The average Bonchev–Trinajstić information content (AvgIpc) is 2.76. The molecule has 0 amide bonds. The van der Waals surface area contributed by atoms with Crippen molar-refractivity contribution < 1.29 is 4.74 Å². The van der Waals surface area contributed by atoms with E-state index in [4.69, 9.17) is 4.74 Å². The van der Waals surface area contributed by atoms with Crippen molar-refractivity contribution in [3.8, 4) is 5.75 Å². The molecule has 0 saturated carbocycles. The van der Waals surface area contributed by atoms with Crippen LogP contribution in [0.4, 0.5) is 5.69 Å². The fourth-order valence-corrected chi connectivity index (χ4v) is 3.40. The fourth-order valence-electron chi connectivity index (χ4n) is 2.82. The van der Waals surface area contributed by atoms with Crippen LogP contribution in [0.5, 0.6) is 5.75 Å². The summed E-state index contributed by atoms with van der Waals surface area (Å²) < 4.78 is 5.85. The monoisotopic (exact) mass is 345 g/mol. The molecule has 21 heavy (non-hydrogen) atoms. The first-order valence-corrected chi connectivity index (χ1v) is 8.58. The van der Waals surface area contributed by atoms with Gasteiger partial charge in [-0.1, -0.05) is 58.4 Å². The van der Waals surface area contributed by atoms with Gasteiger partial charge >= 0.3 is 0 Å². The van der Waals surface area contributed by atoms with Gasteiger partial charge in [-0.15, -0.1) is 0 Å². The Morgan fingerprint density at radius 3 is 2.62 bits per heavy atom. The Labute approximate surface area is 134 Å². The molecule has 0 fully saturated rings. The quantitative estimate of drug-likeness (QED) is 0.758. The van der Waals surface area contributed by atoms with Crippen molar-refractivity contribution in [1.82, 2.24) is 0 Å². The van der Waals surface area contributed by atoms with Crippen LogP contribution >= 0.6 is 15.9 Å². The molecular formula is C18H20BrNO. The third-order valence-corrected chi connectivity index (χ3v) is 4.72. The third kappa shape index (κ3) is 3.41. The van der Waals surface area contributed by atoms with Crippen LogP contribution in [0.1, 0.15) is 17.9 Å². The zero-order chi connectivity index (χ0) is 14.5. The summed E-state index contributed by atoms with van der Waals surface area (Å²) in [6, 6.07) is 19.1. The van der Waals surface area contributed by atoms with Crippen LogP contribution in [0.2, 0.25) is 0 Å². The first-order chi connectivity index (χ1) is 10.4.